The van der Waals surface area contributed by atoms with Gasteiger partial charge < -0.3 is 4.90 Å². The standard InChI is InChI=1S/C9H13FN4/c1-4-14(3)6-12-9-8(10)5-11-7(2)13-9/h5-6H,4H2,1-3H3. The van der Waals surface area contributed by atoms with E-state index < -0.39 is 5.82 Å². The Labute approximate surface area is 82.5 Å². The SMILES string of the molecule is CCN(C)C=Nc1nc(C)ncc1F. The molecular weight excluding hydrogens is 183 g/mol. The summed E-state index contributed by atoms with van der Waals surface area (Å²) in [5.74, 6) is 0.0897. The fourth-order valence-corrected chi connectivity index (χ4v) is 0.769. The molecule has 0 aliphatic heterocycles. The molecule has 1 heterocycles. The maximum absolute atomic E-state index is 13.1. The molecule has 5 heteroatoms. The summed E-state index contributed by atoms with van der Waals surface area (Å²) in [7, 11) is 1.86. The van der Waals surface area contributed by atoms with Crippen LogP contribution in [0, 0.1) is 12.7 Å². The molecule has 0 atom stereocenters. The first-order valence-electron chi connectivity index (χ1n) is 4.37. The lowest BCUT2D eigenvalue weighted by Gasteiger charge is -2.07. The van der Waals surface area contributed by atoms with Gasteiger partial charge in [-0.1, -0.05) is 0 Å². The van der Waals surface area contributed by atoms with Crippen molar-refractivity contribution < 1.29 is 4.39 Å². The normalized spacial score (nSPS) is 10.9. The minimum atomic E-state index is -0.503. The third-order valence-corrected chi connectivity index (χ3v) is 1.72. The molecule has 0 saturated carbocycles. The summed E-state index contributed by atoms with van der Waals surface area (Å²) in [6.45, 7) is 4.49. The van der Waals surface area contributed by atoms with E-state index in [1.54, 1.807) is 13.3 Å². The van der Waals surface area contributed by atoms with Crippen LogP contribution in [0.3, 0.4) is 0 Å². The van der Waals surface area contributed by atoms with E-state index in [9.17, 15) is 4.39 Å². The molecule has 0 aliphatic carbocycles. The van der Waals surface area contributed by atoms with Crippen LogP contribution in [-0.2, 0) is 0 Å². The average Bonchev–Trinajstić information content (AvgIpc) is 2.19. The number of aliphatic imine (C=N–C) groups is 1. The third kappa shape index (κ3) is 2.76. The van der Waals surface area contributed by atoms with Crippen LogP contribution < -0.4 is 0 Å². The van der Waals surface area contributed by atoms with Crippen LogP contribution in [0.25, 0.3) is 0 Å². The van der Waals surface area contributed by atoms with Crippen molar-refractivity contribution in [2.24, 2.45) is 4.99 Å². The van der Waals surface area contributed by atoms with Crippen LogP contribution >= 0.6 is 0 Å². The Morgan fingerprint density at radius 1 is 1.64 bits per heavy atom. The first-order chi connectivity index (χ1) is 6.63. The van der Waals surface area contributed by atoms with Gasteiger partial charge in [0.05, 0.1) is 12.5 Å². The molecule has 14 heavy (non-hydrogen) atoms. The monoisotopic (exact) mass is 196 g/mol. The summed E-state index contributed by atoms with van der Waals surface area (Å²) in [5.41, 5.74) is 0. The predicted molar refractivity (Wildman–Crippen MR) is 53.2 cm³/mol. The molecule has 76 valence electrons. The smallest absolute Gasteiger partial charge is 0.193 e. The maximum atomic E-state index is 13.1. The molecule has 1 aromatic heterocycles. The number of aryl methyl sites for hydroxylation is 1. The van der Waals surface area contributed by atoms with Crippen molar-refractivity contribution in [3.05, 3.63) is 17.8 Å². The lowest BCUT2D eigenvalue weighted by atomic mass is 10.5. The number of aromatic nitrogens is 2. The van der Waals surface area contributed by atoms with Crippen LogP contribution in [0.1, 0.15) is 12.7 Å². The van der Waals surface area contributed by atoms with Crippen molar-refractivity contribution in [1.29, 1.82) is 0 Å². The van der Waals surface area contributed by atoms with E-state index in [-0.39, 0.29) is 5.82 Å². The fraction of sp³-hybridized carbons (Fsp3) is 0.444. The summed E-state index contributed by atoms with van der Waals surface area (Å²) in [6.07, 6.45) is 2.67. The van der Waals surface area contributed by atoms with Crippen molar-refractivity contribution in [3.8, 4) is 0 Å². The highest BCUT2D eigenvalue weighted by atomic mass is 19.1. The Morgan fingerprint density at radius 2 is 2.36 bits per heavy atom. The first-order valence-corrected chi connectivity index (χ1v) is 4.37. The lowest BCUT2D eigenvalue weighted by Crippen LogP contribution is -2.14. The van der Waals surface area contributed by atoms with E-state index in [1.807, 2.05) is 18.9 Å². The van der Waals surface area contributed by atoms with Gasteiger partial charge in [-0.05, 0) is 13.8 Å². The van der Waals surface area contributed by atoms with Gasteiger partial charge in [0.25, 0.3) is 0 Å². The van der Waals surface area contributed by atoms with Gasteiger partial charge in [0.1, 0.15) is 5.82 Å². The summed E-state index contributed by atoms with van der Waals surface area (Å²) in [4.78, 5) is 13.3. The Bertz CT molecular complexity index is 338. The van der Waals surface area contributed by atoms with E-state index >= 15 is 0 Å². The molecule has 0 N–H and O–H groups in total. The highest BCUT2D eigenvalue weighted by molar-refractivity contribution is 5.59. The second-order valence-corrected chi connectivity index (χ2v) is 2.91. The van der Waals surface area contributed by atoms with Crippen molar-refractivity contribution >= 4 is 12.2 Å². The molecule has 1 aromatic rings. The Hall–Kier alpha value is -1.52. The third-order valence-electron chi connectivity index (χ3n) is 1.72. The Morgan fingerprint density at radius 3 is 3.00 bits per heavy atom. The van der Waals surface area contributed by atoms with Crippen molar-refractivity contribution in [2.75, 3.05) is 13.6 Å². The quantitative estimate of drug-likeness (QED) is 0.544. The molecule has 4 nitrogen and oxygen atoms in total. The first kappa shape index (κ1) is 10.6. The van der Waals surface area contributed by atoms with Gasteiger partial charge in [0.15, 0.2) is 11.6 Å². The molecule has 0 aliphatic rings. The maximum Gasteiger partial charge on any atom is 0.193 e. The second-order valence-electron chi connectivity index (χ2n) is 2.91. The van der Waals surface area contributed by atoms with Crippen LogP contribution in [-0.4, -0.2) is 34.8 Å². The fourth-order valence-electron chi connectivity index (χ4n) is 0.769. The highest BCUT2D eigenvalue weighted by Gasteiger charge is 2.02. The topological polar surface area (TPSA) is 41.4 Å². The summed E-state index contributed by atoms with van der Waals surface area (Å²) in [5, 5.41) is 0. The largest absolute Gasteiger partial charge is 0.366 e. The number of halogens is 1. The molecule has 0 fully saturated rings. The second kappa shape index (κ2) is 4.64. The average molecular weight is 196 g/mol. The van der Waals surface area contributed by atoms with E-state index in [1.165, 1.54) is 0 Å². The van der Waals surface area contributed by atoms with Gasteiger partial charge in [-0.15, -0.1) is 0 Å². The van der Waals surface area contributed by atoms with Crippen LogP contribution in [0.15, 0.2) is 11.2 Å². The number of rotatable bonds is 3. The van der Waals surface area contributed by atoms with Crippen LogP contribution in [0.2, 0.25) is 0 Å². The lowest BCUT2D eigenvalue weighted by molar-refractivity contribution is 0.550. The summed E-state index contributed by atoms with van der Waals surface area (Å²) in [6, 6.07) is 0. The minimum Gasteiger partial charge on any atom is -0.366 e. The Kier molecular flexibility index (Phi) is 3.50. The van der Waals surface area contributed by atoms with Crippen molar-refractivity contribution in [1.82, 2.24) is 14.9 Å². The highest BCUT2D eigenvalue weighted by Crippen LogP contribution is 2.11. The van der Waals surface area contributed by atoms with Gasteiger partial charge in [0.2, 0.25) is 0 Å². The van der Waals surface area contributed by atoms with Gasteiger partial charge >= 0.3 is 0 Å². The zero-order valence-electron chi connectivity index (χ0n) is 8.53. The molecule has 0 unspecified atom stereocenters. The number of nitrogens with zero attached hydrogens (tertiary/aromatic N) is 4. The molecule has 0 amide bonds. The molecule has 0 radical (unpaired) electrons. The predicted octanol–water partition coefficient (Wildman–Crippen LogP) is 1.54. The van der Waals surface area contributed by atoms with E-state index in [0.29, 0.717) is 5.82 Å². The van der Waals surface area contributed by atoms with Gasteiger partial charge in [-0.25, -0.2) is 19.4 Å². The van der Waals surface area contributed by atoms with Crippen LogP contribution in [0.5, 0.6) is 0 Å². The molecule has 0 aromatic carbocycles. The Balaban J connectivity index is 2.85. The molecule has 1 rings (SSSR count). The van der Waals surface area contributed by atoms with Gasteiger partial charge in [-0.3, -0.25) is 0 Å². The summed E-state index contributed by atoms with van der Waals surface area (Å²) >= 11 is 0. The zero-order valence-corrected chi connectivity index (χ0v) is 8.53. The van der Waals surface area contributed by atoms with Crippen molar-refractivity contribution in [3.63, 3.8) is 0 Å². The zero-order chi connectivity index (χ0) is 10.6. The van der Waals surface area contributed by atoms with E-state index in [0.717, 1.165) is 12.7 Å². The summed E-state index contributed by atoms with van der Waals surface area (Å²) < 4.78 is 13.1. The van der Waals surface area contributed by atoms with E-state index in [2.05, 4.69) is 15.0 Å². The molecule has 0 saturated heterocycles. The number of hydrogen-bond acceptors (Lipinski definition) is 3. The molecule has 0 spiro atoms. The minimum absolute atomic E-state index is 0.0813. The molecular formula is C9H13FN4. The van der Waals surface area contributed by atoms with Gasteiger partial charge in [-0.2, -0.15) is 0 Å². The van der Waals surface area contributed by atoms with E-state index in [4.69, 9.17) is 0 Å². The molecule has 0 bridgehead atoms. The van der Waals surface area contributed by atoms with Crippen molar-refractivity contribution in [2.45, 2.75) is 13.8 Å². The number of hydrogen-bond donors (Lipinski definition) is 0. The van der Waals surface area contributed by atoms with Gasteiger partial charge in [0, 0.05) is 13.6 Å². The van der Waals surface area contributed by atoms with Crippen LogP contribution in [0.4, 0.5) is 10.2 Å².